The second-order valence-corrected chi connectivity index (χ2v) is 8.37. The van der Waals surface area contributed by atoms with E-state index in [1.54, 1.807) is 30.3 Å². The van der Waals surface area contributed by atoms with Gasteiger partial charge in [-0.1, -0.05) is 53.2 Å². The fourth-order valence-corrected chi connectivity index (χ4v) is 4.40. The van der Waals surface area contributed by atoms with E-state index in [9.17, 15) is 8.60 Å². The van der Waals surface area contributed by atoms with E-state index in [4.69, 9.17) is 27.9 Å². The predicted molar refractivity (Wildman–Crippen MR) is 111 cm³/mol. The Hall–Kier alpha value is -1.87. The maximum atomic E-state index is 13.0. The molecule has 0 amide bonds. The number of aromatic nitrogens is 2. The molecule has 28 heavy (non-hydrogen) atoms. The Morgan fingerprint density at radius 1 is 1.21 bits per heavy atom. The number of hydrogen-bond acceptors (Lipinski definition) is 5. The second-order valence-electron chi connectivity index (χ2n) is 5.40. The van der Waals surface area contributed by atoms with Crippen LogP contribution in [0.5, 0.6) is 5.88 Å². The molecule has 0 bridgehead atoms. The van der Waals surface area contributed by atoms with Crippen LogP contribution in [-0.2, 0) is 16.7 Å². The minimum Gasteiger partial charge on any atom is -0.478 e. The molecule has 0 aliphatic rings. The lowest BCUT2D eigenvalue weighted by Gasteiger charge is -2.11. The maximum absolute atomic E-state index is 13.0. The monoisotopic (exact) mass is 457 g/mol. The van der Waals surface area contributed by atoms with Crippen molar-refractivity contribution in [2.45, 2.75) is 15.7 Å². The van der Waals surface area contributed by atoms with E-state index in [-0.39, 0.29) is 22.5 Å². The SMILES string of the molecule is COc1nc(SCc2ccc(F)cc2)cnc1NS(=O)c1cccc(Cl)c1Cl. The first-order valence-electron chi connectivity index (χ1n) is 7.88. The normalized spacial score (nSPS) is 11.9. The van der Waals surface area contributed by atoms with Crippen molar-refractivity contribution >= 4 is 51.8 Å². The van der Waals surface area contributed by atoms with Crippen molar-refractivity contribution in [3.63, 3.8) is 0 Å². The van der Waals surface area contributed by atoms with Crippen molar-refractivity contribution in [2.75, 3.05) is 11.8 Å². The average molecular weight is 458 g/mol. The number of benzene rings is 2. The lowest BCUT2D eigenvalue weighted by molar-refractivity contribution is 0.395. The number of ether oxygens (including phenoxy) is 1. The van der Waals surface area contributed by atoms with Gasteiger partial charge in [0.2, 0.25) is 5.82 Å². The Labute approximate surface area is 178 Å². The van der Waals surface area contributed by atoms with Crippen LogP contribution in [0.2, 0.25) is 10.0 Å². The topological polar surface area (TPSA) is 64.1 Å². The first kappa shape index (κ1) is 20.9. The largest absolute Gasteiger partial charge is 0.478 e. The molecule has 0 aliphatic heterocycles. The van der Waals surface area contributed by atoms with Crippen molar-refractivity contribution in [1.29, 1.82) is 0 Å². The van der Waals surface area contributed by atoms with Crippen LogP contribution in [-0.4, -0.2) is 21.3 Å². The highest BCUT2D eigenvalue weighted by molar-refractivity contribution is 7.98. The van der Waals surface area contributed by atoms with Gasteiger partial charge in [-0.2, -0.15) is 0 Å². The third-order valence-electron chi connectivity index (χ3n) is 3.52. The Morgan fingerprint density at radius 3 is 2.68 bits per heavy atom. The summed E-state index contributed by atoms with van der Waals surface area (Å²) in [6.45, 7) is 0. The molecule has 1 aromatic heterocycles. The number of thioether (sulfide) groups is 1. The Balaban J connectivity index is 1.73. The predicted octanol–water partition coefficient (Wildman–Crippen LogP) is 5.36. The van der Waals surface area contributed by atoms with Crippen LogP contribution in [0.25, 0.3) is 0 Å². The molecule has 1 N–H and O–H groups in total. The molecule has 0 saturated carbocycles. The quantitative estimate of drug-likeness (QED) is 0.483. The lowest BCUT2D eigenvalue weighted by atomic mass is 10.2. The van der Waals surface area contributed by atoms with Gasteiger partial charge in [0.1, 0.15) is 10.8 Å². The smallest absolute Gasteiger partial charge is 0.259 e. The minimum absolute atomic E-state index is 0.190. The summed E-state index contributed by atoms with van der Waals surface area (Å²) in [5, 5.41) is 1.12. The highest BCUT2D eigenvalue weighted by atomic mass is 35.5. The lowest BCUT2D eigenvalue weighted by Crippen LogP contribution is -2.09. The van der Waals surface area contributed by atoms with Crippen LogP contribution in [0.4, 0.5) is 10.2 Å². The highest BCUT2D eigenvalue weighted by Crippen LogP contribution is 2.30. The summed E-state index contributed by atoms with van der Waals surface area (Å²) in [6, 6.07) is 11.1. The van der Waals surface area contributed by atoms with Gasteiger partial charge in [0, 0.05) is 5.75 Å². The molecule has 146 valence electrons. The number of methoxy groups -OCH3 is 1. The molecule has 5 nitrogen and oxygen atoms in total. The number of hydrogen-bond donors (Lipinski definition) is 1. The molecule has 1 heterocycles. The van der Waals surface area contributed by atoms with Crippen LogP contribution in [0.15, 0.2) is 58.6 Å². The summed E-state index contributed by atoms with van der Waals surface area (Å²) < 4.78 is 33.5. The van der Waals surface area contributed by atoms with Gasteiger partial charge in [0.05, 0.1) is 28.2 Å². The number of anilines is 1. The van der Waals surface area contributed by atoms with E-state index in [0.29, 0.717) is 20.7 Å². The molecule has 3 rings (SSSR count). The summed E-state index contributed by atoms with van der Waals surface area (Å²) in [5.74, 6) is 0.714. The first-order valence-corrected chi connectivity index (χ1v) is 10.8. The van der Waals surface area contributed by atoms with Crippen molar-refractivity contribution in [3.8, 4) is 5.88 Å². The minimum atomic E-state index is -1.70. The van der Waals surface area contributed by atoms with E-state index in [1.165, 1.54) is 37.2 Å². The van der Waals surface area contributed by atoms with Gasteiger partial charge < -0.3 is 4.74 Å². The van der Waals surface area contributed by atoms with Gasteiger partial charge in [-0.25, -0.2) is 18.6 Å². The third kappa shape index (κ3) is 5.14. The van der Waals surface area contributed by atoms with Gasteiger partial charge in [-0.3, -0.25) is 4.72 Å². The third-order valence-corrected chi connectivity index (χ3v) is 6.54. The van der Waals surface area contributed by atoms with Crippen molar-refractivity contribution in [1.82, 2.24) is 9.97 Å². The Morgan fingerprint density at radius 2 is 1.96 bits per heavy atom. The van der Waals surface area contributed by atoms with Gasteiger partial charge in [0.25, 0.3) is 5.88 Å². The molecule has 0 saturated heterocycles. The van der Waals surface area contributed by atoms with Gasteiger partial charge in [0.15, 0.2) is 11.0 Å². The second kappa shape index (κ2) is 9.56. The fourth-order valence-electron chi connectivity index (χ4n) is 2.15. The van der Waals surface area contributed by atoms with Crippen LogP contribution >= 0.6 is 35.0 Å². The van der Waals surface area contributed by atoms with Crippen LogP contribution in [0.3, 0.4) is 0 Å². The summed E-state index contributed by atoms with van der Waals surface area (Å²) in [7, 11) is -0.258. The number of rotatable bonds is 7. The molecule has 2 aromatic carbocycles. The molecule has 1 unspecified atom stereocenters. The molecular weight excluding hydrogens is 444 g/mol. The van der Waals surface area contributed by atoms with E-state index in [2.05, 4.69) is 14.7 Å². The van der Waals surface area contributed by atoms with Crippen LogP contribution in [0.1, 0.15) is 5.56 Å². The maximum Gasteiger partial charge on any atom is 0.259 e. The van der Waals surface area contributed by atoms with Crippen molar-refractivity contribution in [2.24, 2.45) is 0 Å². The zero-order valence-electron chi connectivity index (χ0n) is 14.5. The van der Waals surface area contributed by atoms with E-state index < -0.39 is 11.0 Å². The number of halogens is 3. The number of nitrogens with zero attached hydrogens (tertiary/aromatic N) is 2. The standard InChI is InChI=1S/C18H14Cl2FN3O2S2/c1-26-18-17(24-28(25)14-4-2-3-13(19)16(14)20)22-9-15(23-18)27-10-11-5-7-12(21)8-6-11/h2-9H,10H2,1H3,(H,22,24). The van der Waals surface area contributed by atoms with E-state index >= 15 is 0 Å². The number of nitrogens with one attached hydrogen (secondary N) is 1. The molecule has 3 aromatic rings. The zero-order chi connectivity index (χ0) is 20.1. The molecule has 0 fully saturated rings. The first-order chi connectivity index (χ1) is 13.5. The molecule has 10 heteroatoms. The molecule has 1 atom stereocenters. The summed E-state index contributed by atoms with van der Waals surface area (Å²) >= 11 is 13.5. The Bertz CT molecular complexity index is 1010. The average Bonchev–Trinajstić information content (AvgIpc) is 2.70. The summed E-state index contributed by atoms with van der Waals surface area (Å²) in [6.07, 6.45) is 1.54. The van der Waals surface area contributed by atoms with E-state index in [1.807, 2.05) is 0 Å². The van der Waals surface area contributed by atoms with Gasteiger partial charge in [-0.05, 0) is 29.8 Å². The van der Waals surface area contributed by atoms with E-state index in [0.717, 1.165) is 5.56 Å². The summed E-state index contributed by atoms with van der Waals surface area (Å²) in [4.78, 5) is 8.93. The Kier molecular flexibility index (Phi) is 7.12. The zero-order valence-corrected chi connectivity index (χ0v) is 17.6. The van der Waals surface area contributed by atoms with Gasteiger partial charge >= 0.3 is 0 Å². The molecular formula is C18H14Cl2FN3O2S2. The van der Waals surface area contributed by atoms with Gasteiger partial charge in [-0.15, -0.1) is 0 Å². The highest BCUT2D eigenvalue weighted by Gasteiger charge is 2.16. The molecule has 0 aliphatic carbocycles. The fraction of sp³-hybridized carbons (Fsp3) is 0.111. The van der Waals surface area contributed by atoms with Crippen LogP contribution in [0, 0.1) is 5.82 Å². The van der Waals surface area contributed by atoms with Crippen molar-refractivity contribution < 1.29 is 13.3 Å². The molecule has 0 radical (unpaired) electrons. The van der Waals surface area contributed by atoms with Crippen molar-refractivity contribution in [3.05, 3.63) is 70.1 Å². The molecule has 0 spiro atoms. The van der Waals surface area contributed by atoms with Crippen LogP contribution < -0.4 is 9.46 Å². The summed E-state index contributed by atoms with van der Waals surface area (Å²) in [5.41, 5.74) is 0.950.